The normalized spacial score (nSPS) is 19.5. The molecular formula is C18H24N4O5S. The molecule has 9 nitrogen and oxygen atoms in total. The second-order valence-corrected chi connectivity index (χ2v) is 9.07. The first kappa shape index (κ1) is 20.2. The summed E-state index contributed by atoms with van der Waals surface area (Å²) in [5.74, 6) is -0.995. The minimum atomic E-state index is -3.11. The van der Waals surface area contributed by atoms with Crippen molar-refractivity contribution in [1.82, 2.24) is 19.9 Å². The van der Waals surface area contributed by atoms with Gasteiger partial charge in [-0.05, 0) is 45.4 Å². The third kappa shape index (κ3) is 4.01. The number of benzene rings is 1. The predicted molar refractivity (Wildman–Crippen MR) is 103 cm³/mol. The van der Waals surface area contributed by atoms with E-state index in [2.05, 4.69) is 10.3 Å². The first-order valence-corrected chi connectivity index (χ1v) is 11.1. The maximum Gasteiger partial charge on any atom is 0.338 e. The number of hydrogen-bond donors (Lipinski definition) is 0. The molecule has 2 aromatic rings. The summed E-state index contributed by atoms with van der Waals surface area (Å²) in [4.78, 5) is 26.7. The lowest BCUT2D eigenvalue weighted by molar-refractivity contribution is -0.141. The number of ether oxygens (including phenoxy) is 1. The molecule has 2 heterocycles. The Morgan fingerprint density at radius 3 is 2.71 bits per heavy atom. The first-order chi connectivity index (χ1) is 13.3. The summed E-state index contributed by atoms with van der Waals surface area (Å²) in [7, 11) is -3.11. The van der Waals surface area contributed by atoms with E-state index in [1.165, 1.54) is 11.8 Å². The molecular weight excluding hydrogens is 384 g/mol. The average molecular weight is 408 g/mol. The molecule has 1 aliphatic rings. The van der Waals surface area contributed by atoms with E-state index in [9.17, 15) is 18.0 Å². The van der Waals surface area contributed by atoms with Crippen LogP contribution in [0, 0.1) is 0 Å². The highest BCUT2D eigenvalue weighted by molar-refractivity contribution is 7.91. The molecule has 28 heavy (non-hydrogen) atoms. The van der Waals surface area contributed by atoms with Gasteiger partial charge >= 0.3 is 5.97 Å². The first-order valence-electron chi connectivity index (χ1n) is 9.31. The van der Waals surface area contributed by atoms with Gasteiger partial charge in [-0.25, -0.2) is 17.9 Å². The molecule has 1 aromatic heterocycles. The fourth-order valence-corrected chi connectivity index (χ4v) is 5.19. The number of esters is 1. The van der Waals surface area contributed by atoms with Gasteiger partial charge in [0.15, 0.2) is 15.9 Å². The van der Waals surface area contributed by atoms with Crippen LogP contribution in [0.3, 0.4) is 0 Å². The molecule has 0 bridgehead atoms. The number of fused-ring (bicyclic) bond motifs is 1. The Bertz CT molecular complexity index is 1000. The van der Waals surface area contributed by atoms with Crippen LogP contribution in [0.2, 0.25) is 0 Å². The SMILES string of the molecule is CCN(C(=O)C(C)OC(=O)c1ccc2c(c1)nnn2CC)C1CCS(=O)(=O)C1. The Morgan fingerprint density at radius 1 is 1.36 bits per heavy atom. The summed E-state index contributed by atoms with van der Waals surface area (Å²) in [5, 5.41) is 8.03. The number of likely N-dealkylation sites (N-methyl/N-ethyl adjacent to an activating group) is 1. The molecule has 1 aromatic carbocycles. The van der Waals surface area contributed by atoms with E-state index in [4.69, 9.17) is 4.74 Å². The van der Waals surface area contributed by atoms with Crippen molar-refractivity contribution in [1.29, 1.82) is 0 Å². The van der Waals surface area contributed by atoms with Crippen molar-refractivity contribution < 1.29 is 22.7 Å². The monoisotopic (exact) mass is 408 g/mol. The standard InChI is InChI=1S/C18H24N4O5S/c1-4-21(14-8-9-28(25,26)11-14)17(23)12(3)27-18(24)13-6-7-16-15(10-13)19-20-22(16)5-2/h6-7,10,12,14H,4-5,8-9,11H2,1-3H3. The number of carbonyl (C=O) groups is 2. The van der Waals surface area contributed by atoms with E-state index in [1.807, 2.05) is 6.92 Å². The highest BCUT2D eigenvalue weighted by Crippen LogP contribution is 2.20. The van der Waals surface area contributed by atoms with Gasteiger partial charge in [-0.1, -0.05) is 5.21 Å². The Hall–Kier alpha value is -2.49. The van der Waals surface area contributed by atoms with Gasteiger partial charge in [-0.15, -0.1) is 5.10 Å². The van der Waals surface area contributed by atoms with Crippen LogP contribution in [0.5, 0.6) is 0 Å². The lowest BCUT2D eigenvalue weighted by Crippen LogP contribution is -2.46. The zero-order valence-electron chi connectivity index (χ0n) is 16.2. The predicted octanol–water partition coefficient (Wildman–Crippen LogP) is 1.03. The molecule has 152 valence electrons. The van der Waals surface area contributed by atoms with Gasteiger partial charge in [-0.2, -0.15) is 0 Å². The van der Waals surface area contributed by atoms with Crippen molar-refractivity contribution in [3.63, 3.8) is 0 Å². The van der Waals surface area contributed by atoms with Crippen molar-refractivity contribution in [2.24, 2.45) is 0 Å². The maximum absolute atomic E-state index is 12.7. The smallest absolute Gasteiger partial charge is 0.338 e. The molecule has 1 saturated heterocycles. The van der Waals surface area contributed by atoms with Crippen molar-refractivity contribution in [2.45, 2.75) is 45.9 Å². The number of nitrogens with zero attached hydrogens (tertiary/aromatic N) is 4. The van der Waals surface area contributed by atoms with Crippen molar-refractivity contribution in [3.05, 3.63) is 23.8 Å². The molecule has 1 amide bonds. The van der Waals surface area contributed by atoms with E-state index in [-0.39, 0.29) is 23.1 Å². The van der Waals surface area contributed by atoms with Crippen molar-refractivity contribution in [2.75, 3.05) is 18.1 Å². The van der Waals surface area contributed by atoms with Gasteiger partial charge < -0.3 is 9.64 Å². The molecule has 0 spiro atoms. The molecule has 0 saturated carbocycles. The fraction of sp³-hybridized carbons (Fsp3) is 0.556. The zero-order chi connectivity index (χ0) is 20.5. The summed E-state index contributed by atoms with van der Waals surface area (Å²) in [6.45, 7) is 6.24. The lowest BCUT2D eigenvalue weighted by atomic mass is 10.2. The number of rotatable bonds is 6. The zero-order valence-corrected chi connectivity index (χ0v) is 17.0. The van der Waals surface area contributed by atoms with E-state index in [1.54, 1.807) is 29.8 Å². The average Bonchev–Trinajstić information content (AvgIpc) is 3.24. The maximum atomic E-state index is 12.7. The summed E-state index contributed by atoms with van der Waals surface area (Å²) in [6, 6.07) is 4.56. The Labute approximate surface area is 163 Å². The topological polar surface area (TPSA) is 111 Å². The molecule has 0 radical (unpaired) electrons. The Balaban J connectivity index is 1.69. The quantitative estimate of drug-likeness (QED) is 0.656. The largest absolute Gasteiger partial charge is 0.449 e. The third-order valence-electron chi connectivity index (χ3n) is 4.95. The Morgan fingerprint density at radius 2 is 2.11 bits per heavy atom. The fourth-order valence-electron chi connectivity index (χ4n) is 3.46. The van der Waals surface area contributed by atoms with Gasteiger partial charge in [0.2, 0.25) is 0 Å². The van der Waals surface area contributed by atoms with Gasteiger partial charge in [0.1, 0.15) is 5.52 Å². The van der Waals surface area contributed by atoms with Crippen LogP contribution in [-0.4, -0.2) is 70.4 Å². The molecule has 2 atom stereocenters. The Kier molecular flexibility index (Phi) is 5.69. The second-order valence-electron chi connectivity index (χ2n) is 6.84. The number of aromatic nitrogens is 3. The molecule has 1 aliphatic heterocycles. The number of hydrogen-bond acceptors (Lipinski definition) is 7. The lowest BCUT2D eigenvalue weighted by Gasteiger charge is -2.29. The van der Waals surface area contributed by atoms with Gasteiger partial charge in [0.25, 0.3) is 5.91 Å². The highest BCUT2D eigenvalue weighted by atomic mass is 32.2. The summed E-state index contributed by atoms with van der Waals surface area (Å²) in [6.07, 6.45) is -0.607. The van der Waals surface area contributed by atoms with Crippen LogP contribution < -0.4 is 0 Å². The van der Waals surface area contributed by atoms with Crippen LogP contribution in [-0.2, 0) is 25.9 Å². The summed E-state index contributed by atoms with van der Waals surface area (Å²) in [5.41, 5.74) is 1.66. The minimum absolute atomic E-state index is 0.0446. The van der Waals surface area contributed by atoms with Gasteiger partial charge in [-0.3, -0.25) is 4.79 Å². The number of aryl methyl sites for hydroxylation is 1. The highest BCUT2D eigenvalue weighted by Gasteiger charge is 2.36. The number of carbonyl (C=O) groups excluding carboxylic acids is 2. The third-order valence-corrected chi connectivity index (χ3v) is 6.70. The van der Waals surface area contributed by atoms with Gasteiger partial charge in [0, 0.05) is 19.1 Å². The van der Waals surface area contributed by atoms with Crippen molar-refractivity contribution >= 4 is 32.7 Å². The summed E-state index contributed by atoms with van der Waals surface area (Å²) >= 11 is 0. The molecule has 2 unspecified atom stereocenters. The van der Waals surface area contributed by atoms with E-state index < -0.39 is 27.8 Å². The van der Waals surface area contributed by atoms with Crippen LogP contribution in [0.25, 0.3) is 11.0 Å². The van der Waals surface area contributed by atoms with Crippen LogP contribution in [0.4, 0.5) is 0 Å². The van der Waals surface area contributed by atoms with E-state index in [0.717, 1.165) is 5.52 Å². The van der Waals surface area contributed by atoms with Crippen LogP contribution >= 0.6 is 0 Å². The molecule has 10 heteroatoms. The summed E-state index contributed by atoms with van der Waals surface area (Å²) < 4.78 is 30.5. The number of sulfone groups is 1. The van der Waals surface area contributed by atoms with Crippen LogP contribution in [0.15, 0.2) is 18.2 Å². The molecule has 0 N–H and O–H groups in total. The molecule has 0 aliphatic carbocycles. The minimum Gasteiger partial charge on any atom is -0.449 e. The van der Waals surface area contributed by atoms with Crippen molar-refractivity contribution in [3.8, 4) is 0 Å². The van der Waals surface area contributed by atoms with Crippen LogP contribution in [0.1, 0.15) is 37.6 Å². The van der Waals surface area contributed by atoms with Gasteiger partial charge in [0.05, 0.1) is 22.6 Å². The second kappa shape index (κ2) is 7.86. The molecule has 1 fully saturated rings. The molecule has 3 rings (SSSR count). The van der Waals surface area contributed by atoms with E-state index in [0.29, 0.717) is 25.0 Å². The van der Waals surface area contributed by atoms with E-state index >= 15 is 0 Å². The number of amides is 1.